The molecule has 0 bridgehead atoms. The Labute approximate surface area is 148 Å². The van der Waals surface area contributed by atoms with Crippen LogP contribution in [-0.2, 0) is 4.79 Å². The highest BCUT2D eigenvalue weighted by Crippen LogP contribution is 2.31. The van der Waals surface area contributed by atoms with Crippen LogP contribution in [-0.4, -0.2) is 12.0 Å². The summed E-state index contributed by atoms with van der Waals surface area (Å²) in [6.45, 7) is 1.60. The molecule has 1 unspecified atom stereocenters. The molecule has 0 saturated carbocycles. The Morgan fingerprint density at radius 2 is 1.82 bits per heavy atom. The van der Waals surface area contributed by atoms with E-state index in [9.17, 15) is 4.79 Å². The summed E-state index contributed by atoms with van der Waals surface area (Å²) in [6, 6.07) is 9.73. The van der Waals surface area contributed by atoms with Gasteiger partial charge < -0.3 is 10.1 Å². The first kappa shape index (κ1) is 17.2. The summed E-state index contributed by atoms with van der Waals surface area (Å²) in [7, 11) is 0. The Morgan fingerprint density at radius 1 is 1.09 bits per heavy atom. The van der Waals surface area contributed by atoms with Crippen LogP contribution in [0.4, 0.5) is 5.69 Å². The number of carbonyl (C=O) groups excluding carboxylic acids is 1. The molecule has 0 aromatic heterocycles. The molecule has 116 valence electrons. The van der Waals surface area contributed by atoms with Crippen molar-refractivity contribution >= 4 is 58.0 Å². The zero-order chi connectivity index (χ0) is 16.3. The summed E-state index contributed by atoms with van der Waals surface area (Å²) in [5.74, 6) is -0.0129. The van der Waals surface area contributed by atoms with E-state index in [0.29, 0.717) is 26.5 Å². The van der Waals surface area contributed by atoms with E-state index >= 15 is 0 Å². The van der Waals surface area contributed by atoms with E-state index in [0.717, 1.165) is 0 Å². The van der Waals surface area contributed by atoms with Crippen molar-refractivity contribution in [2.45, 2.75) is 13.0 Å². The highest BCUT2D eigenvalue weighted by Gasteiger charge is 2.18. The SMILES string of the molecule is CC(Oc1ccc(Cl)cc1Cl)C(=O)Nc1cccc(Cl)c1Cl. The van der Waals surface area contributed by atoms with E-state index in [1.165, 1.54) is 6.07 Å². The third-order valence-electron chi connectivity index (χ3n) is 2.78. The van der Waals surface area contributed by atoms with Crippen LogP contribution in [0.3, 0.4) is 0 Å². The van der Waals surface area contributed by atoms with E-state index in [2.05, 4.69) is 5.32 Å². The lowest BCUT2D eigenvalue weighted by Gasteiger charge is -2.16. The third-order valence-corrected chi connectivity index (χ3v) is 4.13. The van der Waals surface area contributed by atoms with Crippen molar-refractivity contribution < 1.29 is 9.53 Å². The average Bonchev–Trinajstić information content (AvgIpc) is 2.46. The number of carbonyl (C=O) groups is 1. The molecule has 0 spiro atoms. The van der Waals surface area contributed by atoms with Gasteiger partial charge in [0.15, 0.2) is 6.10 Å². The van der Waals surface area contributed by atoms with Crippen LogP contribution in [0.15, 0.2) is 36.4 Å². The van der Waals surface area contributed by atoms with E-state index in [4.69, 9.17) is 51.1 Å². The monoisotopic (exact) mass is 377 g/mol. The number of anilines is 1. The number of benzene rings is 2. The van der Waals surface area contributed by atoms with E-state index in [1.807, 2.05) is 0 Å². The van der Waals surface area contributed by atoms with Gasteiger partial charge in [0.2, 0.25) is 0 Å². The van der Waals surface area contributed by atoms with Gasteiger partial charge in [-0.3, -0.25) is 4.79 Å². The Morgan fingerprint density at radius 3 is 2.50 bits per heavy atom. The predicted octanol–water partition coefficient (Wildman–Crippen LogP) is 5.71. The van der Waals surface area contributed by atoms with Gasteiger partial charge in [0, 0.05) is 5.02 Å². The molecule has 1 amide bonds. The maximum Gasteiger partial charge on any atom is 0.265 e. The molecular weight excluding hydrogens is 368 g/mol. The van der Waals surface area contributed by atoms with Gasteiger partial charge in [-0.15, -0.1) is 0 Å². The van der Waals surface area contributed by atoms with Gasteiger partial charge in [-0.1, -0.05) is 52.5 Å². The van der Waals surface area contributed by atoms with Gasteiger partial charge in [-0.05, 0) is 37.3 Å². The number of amides is 1. The molecule has 2 aromatic rings. The lowest BCUT2D eigenvalue weighted by molar-refractivity contribution is -0.122. The number of ether oxygens (including phenoxy) is 1. The fourth-order valence-corrected chi connectivity index (χ4v) is 2.45. The minimum Gasteiger partial charge on any atom is -0.479 e. The second-order valence-electron chi connectivity index (χ2n) is 4.43. The van der Waals surface area contributed by atoms with Crippen molar-refractivity contribution in [3.8, 4) is 5.75 Å². The molecule has 0 heterocycles. The molecule has 0 aliphatic carbocycles. The van der Waals surface area contributed by atoms with Crippen molar-refractivity contribution in [2.24, 2.45) is 0 Å². The van der Waals surface area contributed by atoms with Crippen molar-refractivity contribution in [1.29, 1.82) is 0 Å². The van der Waals surface area contributed by atoms with Crippen molar-refractivity contribution in [2.75, 3.05) is 5.32 Å². The normalized spacial score (nSPS) is 11.9. The summed E-state index contributed by atoms with van der Waals surface area (Å²) < 4.78 is 5.53. The number of hydrogen-bond acceptors (Lipinski definition) is 2. The van der Waals surface area contributed by atoms with Crippen LogP contribution in [0, 0.1) is 0 Å². The molecule has 0 fully saturated rings. The first-order valence-corrected chi connectivity index (χ1v) is 7.76. The number of halogens is 4. The molecule has 7 heteroatoms. The summed E-state index contributed by atoms with van der Waals surface area (Å²) >= 11 is 23.7. The van der Waals surface area contributed by atoms with Crippen LogP contribution in [0.1, 0.15) is 6.92 Å². The molecule has 0 aliphatic heterocycles. The quantitative estimate of drug-likeness (QED) is 0.740. The highest BCUT2D eigenvalue weighted by molar-refractivity contribution is 6.44. The molecule has 0 aliphatic rings. The molecule has 0 radical (unpaired) electrons. The van der Waals surface area contributed by atoms with Gasteiger partial charge in [-0.2, -0.15) is 0 Å². The van der Waals surface area contributed by atoms with Gasteiger partial charge in [-0.25, -0.2) is 0 Å². The topological polar surface area (TPSA) is 38.3 Å². The average molecular weight is 379 g/mol. The first-order chi connectivity index (χ1) is 10.4. The fraction of sp³-hybridized carbons (Fsp3) is 0.133. The molecule has 1 atom stereocenters. The molecule has 0 saturated heterocycles. The second kappa shape index (κ2) is 7.42. The maximum atomic E-state index is 12.2. The minimum atomic E-state index is -0.784. The van der Waals surface area contributed by atoms with Crippen LogP contribution < -0.4 is 10.1 Å². The Kier molecular flexibility index (Phi) is 5.81. The van der Waals surface area contributed by atoms with Crippen LogP contribution in [0.25, 0.3) is 0 Å². The number of hydrogen-bond donors (Lipinski definition) is 1. The Hall–Kier alpha value is -1.13. The lowest BCUT2D eigenvalue weighted by atomic mass is 10.3. The van der Waals surface area contributed by atoms with E-state index < -0.39 is 6.10 Å². The lowest BCUT2D eigenvalue weighted by Crippen LogP contribution is -2.30. The molecular formula is C15H11Cl4NO2. The van der Waals surface area contributed by atoms with Crippen molar-refractivity contribution in [3.05, 3.63) is 56.5 Å². The smallest absolute Gasteiger partial charge is 0.265 e. The van der Waals surface area contributed by atoms with Gasteiger partial charge in [0.25, 0.3) is 5.91 Å². The molecule has 3 nitrogen and oxygen atoms in total. The van der Waals surface area contributed by atoms with E-state index in [-0.39, 0.29) is 10.9 Å². The van der Waals surface area contributed by atoms with Gasteiger partial charge >= 0.3 is 0 Å². The minimum absolute atomic E-state index is 0.272. The van der Waals surface area contributed by atoms with E-state index in [1.54, 1.807) is 37.3 Å². The largest absolute Gasteiger partial charge is 0.479 e. The predicted molar refractivity (Wildman–Crippen MR) is 91.6 cm³/mol. The summed E-state index contributed by atoms with van der Waals surface area (Å²) in [4.78, 5) is 12.2. The van der Waals surface area contributed by atoms with Crippen LogP contribution in [0.2, 0.25) is 20.1 Å². The standard InChI is InChI=1S/C15H11Cl4NO2/c1-8(22-13-6-5-9(16)7-11(13)18)15(21)20-12-4-2-3-10(17)14(12)19/h2-8H,1H3,(H,20,21). The fourth-order valence-electron chi connectivity index (χ4n) is 1.65. The molecule has 2 rings (SSSR count). The third kappa shape index (κ3) is 4.20. The second-order valence-corrected chi connectivity index (χ2v) is 6.05. The zero-order valence-corrected chi connectivity index (χ0v) is 14.4. The van der Waals surface area contributed by atoms with Crippen LogP contribution >= 0.6 is 46.4 Å². The Balaban J connectivity index is 2.07. The maximum absolute atomic E-state index is 12.2. The number of rotatable bonds is 4. The Bertz CT molecular complexity index is 706. The van der Waals surface area contributed by atoms with Gasteiger partial charge in [0.1, 0.15) is 5.75 Å². The molecule has 22 heavy (non-hydrogen) atoms. The summed E-state index contributed by atoms with van der Waals surface area (Å²) in [6.07, 6.45) is -0.784. The highest BCUT2D eigenvalue weighted by atomic mass is 35.5. The summed E-state index contributed by atoms with van der Waals surface area (Å²) in [5.41, 5.74) is 0.414. The molecule has 2 aromatic carbocycles. The number of nitrogens with one attached hydrogen (secondary N) is 1. The zero-order valence-electron chi connectivity index (χ0n) is 11.4. The summed E-state index contributed by atoms with van der Waals surface area (Å²) in [5, 5.41) is 4.09. The first-order valence-electron chi connectivity index (χ1n) is 6.25. The van der Waals surface area contributed by atoms with Crippen LogP contribution in [0.5, 0.6) is 5.75 Å². The van der Waals surface area contributed by atoms with Crippen molar-refractivity contribution in [1.82, 2.24) is 0 Å². The molecule has 1 N–H and O–H groups in total. The van der Waals surface area contributed by atoms with Gasteiger partial charge in [0.05, 0.1) is 20.8 Å². The van der Waals surface area contributed by atoms with Crippen molar-refractivity contribution in [3.63, 3.8) is 0 Å².